The molecule has 6 heteroatoms. The minimum Gasteiger partial charge on any atom is -0.460 e. The van der Waals surface area contributed by atoms with Gasteiger partial charge < -0.3 is 14.6 Å². The summed E-state index contributed by atoms with van der Waals surface area (Å²) in [4.78, 5) is 38.6. The Labute approximate surface area is 228 Å². The molecule has 6 nitrogen and oxygen atoms in total. The maximum atomic E-state index is 13.8. The lowest BCUT2D eigenvalue weighted by molar-refractivity contribution is -0.208. The fraction of sp³-hybridized carbons (Fsp3) is 0.844. The van der Waals surface area contributed by atoms with E-state index in [2.05, 4.69) is 41.5 Å². The first-order valence-corrected chi connectivity index (χ1v) is 14.7. The number of fused-ring (bicyclic) bond motifs is 5. The Kier molecular flexibility index (Phi) is 6.26. The first-order chi connectivity index (χ1) is 17.4. The van der Waals surface area contributed by atoms with Gasteiger partial charge in [0, 0.05) is 30.6 Å². The molecule has 5 aliphatic rings. The molecule has 0 aromatic carbocycles. The number of carbonyl (C=O) groups is 3. The second-order valence-corrected chi connectivity index (χ2v) is 15.2. The van der Waals surface area contributed by atoms with Crippen LogP contribution in [-0.2, 0) is 23.9 Å². The number of Topliss-reactive ketones (excluding diaryl/α,β-unsaturated/α-hetero) is 2. The molecule has 1 saturated heterocycles. The van der Waals surface area contributed by atoms with Crippen molar-refractivity contribution in [3.8, 4) is 0 Å². The van der Waals surface area contributed by atoms with Crippen molar-refractivity contribution in [2.24, 2.45) is 39.4 Å². The summed E-state index contributed by atoms with van der Waals surface area (Å²) < 4.78 is 11.5. The molecule has 38 heavy (non-hydrogen) atoms. The maximum absolute atomic E-state index is 13.8. The molecule has 0 aromatic heterocycles. The molecule has 0 bridgehead atoms. The summed E-state index contributed by atoms with van der Waals surface area (Å²) in [5.74, 6) is 0.350. The van der Waals surface area contributed by atoms with Crippen molar-refractivity contribution in [1.82, 2.24) is 0 Å². The third-order valence-corrected chi connectivity index (χ3v) is 12.3. The summed E-state index contributed by atoms with van der Waals surface area (Å²) in [5, 5.41) is 11.9. The molecule has 5 rings (SSSR count). The van der Waals surface area contributed by atoms with E-state index < -0.39 is 12.2 Å². The minimum atomic E-state index is -0.553. The number of epoxide rings is 1. The number of aliphatic hydroxyl groups excluding tert-OH is 1. The van der Waals surface area contributed by atoms with Crippen LogP contribution in [0.1, 0.15) is 107 Å². The molecular weight excluding hydrogens is 480 g/mol. The number of allylic oxidation sites excluding steroid dienone is 1. The molecule has 0 spiro atoms. The fourth-order valence-electron chi connectivity index (χ4n) is 10.3. The van der Waals surface area contributed by atoms with E-state index in [1.165, 1.54) is 6.92 Å². The van der Waals surface area contributed by atoms with E-state index in [0.29, 0.717) is 31.5 Å². The number of ether oxygens (including phenoxy) is 2. The van der Waals surface area contributed by atoms with Crippen molar-refractivity contribution >= 4 is 17.5 Å². The number of aliphatic hydroxyl groups is 1. The minimum absolute atomic E-state index is 0.0341. The van der Waals surface area contributed by atoms with Crippen molar-refractivity contribution in [1.29, 1.82) is 0 Å². The quantitative estimate of drug-likeness (QED) is 0.369. The van der Waals surface area contributed by atoms with Gasteiger partial charge in [-0.05, 0) is 80.1 Å². The van der Waals surface area contributed by atoms with Gasteiger partial charge in [-0.1, -0.05) is 47.1 Å². The fourth-order valence-corrected chi connectivity index (χ4v) is 10.3. The van der Waals surface area contributed by atoms with E-state index in [-0.39, 0.29) is 62.9 Å². The zero-order valence-corrected chi connectivity index (χ0v) is 24.9. The van der Waals surface area contributed by atoms with Crippen molar-refractivity contribution in [3.63, 3.8) is 0 Å². The molecule has 0 unspecified atom stereocenters. The van der Waals surface area contributed by atoms with Crippen LogP contribution in [0.5, 0.6) is 0 Å². The SMILES string of the molecule is CC(=O)O[C@H](C[C@@H](C)C1=C2C[C@@H](O)[C@@H]3[C@]4(C)CCC(=O)C(C)(C)[C@@H]4CC[C@]3(C)[C@@]2(C)CC1=O)[C@H]1OC1(C)C. The average molecular weight is 529 g/mol. The van der Waals surface area contributed by atoms with Crippen molar-refractivity contribution in [3.05, 3.63) is 11.1 Å². The first-order valence-electron chi connectivity index (χ1n) is 14.7. The second kappa shape index (κ2) is 8.49. The maximum Gasteiger partial charge on any atom is 0.302 e. The highest BCUT2D eigenvalue weighted by molar-refractivity contribution is 6.00. The molecule has 0 radical (unpaired) electrons. The predicted octanol–water partition coefficient (Wildman–Crippen LogP) is 5.59. The van der Waals surface area contributed by atoms with Crippen LogP contribution in [0.4, 0.5) is 0 Å². The summed E-state index contributed by atoms with van der Waals surface area (Å²) in [7, 11) is 0. The standard InChI is InChI=1S/C32H48O6/c1-17(14-22(37-18(2)33)27-29(5,6)38-27)25-19-15-20(34)26-30(7)12-11-24(36)28(3,4)23(30)10-13-31(26,8)32(19,9)16-21(25)35/h17,20,22-23,26-27,34H,10-16H2,1-9H3/t17-,20-,22-,23+,26-,27-,30-,31+,32+/m1/s1. The first kappa shape index (κ1) is 28.0. The van der Waals surface area contributed by atoms with E-state index in [0.717, 1.165) is 30.4 Å². The zero-order valence-electron chi connectivity index (χ0n) is 24.9. The van der Waals surface area contributed by atoms with Crippen LogP contribution in [0.15, 0.2) is 11.1 Å². The highest BCUT2D eigenvalue weighted by atomic mass is 16.6. The number of hydrogen-bond acceptors (Lipinski definition) is 6. The van der Waals surface area contributed by atoms with Gasteiger partial charge in [-0.2, -0.15) is 0 Å². The Morgan fingerprint density at radius 1 is 1.11 bits per heavy atom. The third kappa shape index (κ3) is 3.75. The molecule has 1 heterocycles. The Hall–Kier alpha value is -1.53. The number of carbonyl (C=O) groups excluding carboxylic acids is 3. The van der Waals surface area contributed by atoms with Crippen LogP contribution < -0.4 is 0 Å². The third-order valence-electron chi connectivity index (χ3n) is 12.3. The van der Waals surface area contributed by atoms with Crippen LogP contribution in [0, 0.1) is 39.4 Å². The molecule has 9 atom stereocenters. The number of ketones is 2. The molecule has 0 amide bonds. The Morgan fingerprint density at radius 2 is 1.74 bits per heavy atom. The zero-order chi connectivity index (χ0) is 28.2. The van der Waals surface area contributed by atoms with E-state index >= 15 is 0 Å². The summed E-state index contributed by atoms with van der Waals surface area (Å²) in [6, 6.07) is 0. The Morgan fingerprint density at radius 3 is 2.32 bits per heavy atom. The molecule has 0 aromatic rings. The summed E-state index contributed by atoms with van der Waals surface area (Å²) in [6.07, 6.45) is 3.59. The summed E-state index contributed by atoms with van der Waals surface area (Å²) in [6.45, 7) is 18.6. The van der Waals surface area contributed by atoms with Crippen molar-refractivity contribution in [2.75, 3.05) is 0 Å². The largest absolute Gasteiger partial charge is 0.460 e. The predicted molar refractivity (Wildman–Crippen MR) is 144 cm³/mol. The van der Waals surface area contributed by atoms with Gasteiger partial charge in [0.25, 0.3) is 0 Å². The molecular formula is C32H48O6. The van der Waals surface area contributed by atoms with Gasteiger partial charge in [0.2, 0.25) is 0 Å². The lowest BCUT2D eigenvalue weighted by Crippen LogP contribution is -2.65. The Bertz CT molecular complexity index is 1100. The average Bonchev–Trinajstić information content (AvgIpc) is 3.32. The highest BCUT2D eigenvalue weighted by Crippen LogP contribution is 2.73. The molecule has 1 N–H and O–H groups in total. The van der Waals surface area contributed by atoms with Gasteiger partial charge in [-0.25, -0.2) is 0 Å². The van der Waals surface area contributed by atoms with Gasteiger partial charge >= 0.3 is 5.97 Å². The summed E-state index contributed by atoms with van der Waals surface area (Å²) in [5.41, 5.74) is 0.516. The van der Waals surface area contributed by atoms with Crippen LogP contribution in [-0.4, -0.2) is 46.6 Å². The molecule has 3 saturated carbocycles. The lowest BCUT2D eigenvalue weighted by Gasteiger charge is -2.68. The molecule has 1 aliphatic heterocycles. The lowest BCUT2D eigenvalue weighted by atomic mass is 9.36. The van der Waals surface area contributed by atoms with Crippen LogP contribution in [0.2, 0.25) is 0 Å². The number of hydrogen-bond donors (Lipinski definition) is 1. The molecule has 4 fully saturated rings. The van der Waals surface area contributed by atoms with E-state index in [1.807, 2.05) is 13.8 Å². The smallest absolute Gasteiger partial charge is 0.302 e. The van der Waals surface area contributed by atoms with Crippen molar-refractivity contribution in [2.45, 2.75) is 131 Å². The van der Waals surface area contributed by atoms with E-state index in [9.17, 15) is 19.5 Å². The topological polar surface area (TPSA) is 93.2 Å². The molecule has 212 valence electrons. The van der Waals surface area contributed by atoms with Gasteiger partial charge in [-0.3, -0.25) is 14.4 Å². The Balaban J connectivity index is 1.50. The van der Waals surface area contributed by atoms with E-state index in [4.69, 9.17) is 9.47 Å². The van der Waals surface area contributed by atoms with Gasteiger partial charge in [-0.15, -0.1) is 0 Å². The van der Waals surface area contributed by atoms with Crippen LogP contribution in [0.3, 0.4) is 0 Å². The number of esters is 1. The highest BCUT2D eigenvalue weighted by Gasteiger charge is 2.70. The number of rotatable bonds is 5. The van der Waals surface area contributed by atoms with Gasteiger partial charge in [0.15, 0.2) is 5.78 Å². The molecule has 4 aliphatic carbocycles. The monoisotopic (exact) mass is 528 g/mol. The van der Waals surface area contributed by atoms with Gasteiger partial charge in [0.1, 0.15) is 18.0 Å². The normalized spacial score (nSPS) is 44.6. The summed E-state index contributed by atoms with van der Waals surface area (Å²) >= 11 is 0. The van der Waals surface area contributed by atoms with E-state index in [1.54, 1.807) is 0 Å². The van der Waals surface area contributed by atoms with Gasteiger partial charge in [0.05, 0.1) is 11.7 Å². The second-order valence-electron chi connectivity index (χ2n) is 15.2. The van der Waals surface area contributed by atoms with Crippen LogP contribution in [0.25, 0.3) is 0 Å². The van der Waals surface area contributed by atoms with Crippen molar-refractivity contribution < 1.29 is 29.0 Å². The van der Waals surface area contributed by atoms with Crippen LogP contribution >= 0.6 is 0 Å².